The molecule has 0 fully saturated rings. The number of nitrogens with zero attached hydrogens (tertiary/aromatic N) is 2. The summed E-state index contributed by atoms with van der Waals surface area (Å²) in [5, 5.41) is 9.45. The Morgan fingerprint density at radius 3 is 2.59 bits per heavy atom. The topological polar surface area (TPSA) is 49.3 Å². The van der Waals surface area contributed by atoms with Crippen LogP contribution < -0.4 is 0 Å². The molecule has 3 rings (SSSR count). The van der Waals surface area contributed by atoms with Gasteiger partial charge in [0.2, 0.25) is 0 Å². The molecule has 0 bridgehead atoms. The SMILES string of the molecule is N#Cc1ccc(-c2ccc(C=Nc3cccc(Cl)c3)o2)cc1. The molecule has 0 aliphatic carbocycles. The molecule has 1 heterocycles. The average Bonchev–Trinajstić information content (AvgIpc) is 3.02. The fourth-order valence-electron chi connectivity index (χ4n) is 1.98. The lowest BCUT2D eigenvalue weighted by atomic mass is 10.1. The van der Waals surface area contributed by atoms with Gasteiger partial charge in [-0.15, -0.1) is 0 Å². The molecule has 0 saturated heterocycles. The van der Waals surface area contributed by atoms with Gasteiger partial charge in [0, 0.05) is 10.6 Å². The van der Waals surface area contributed by atoms with Gasteiger partial charge in [-0.3, -0.25) is 4.99 Å². The molecule has 3 nitrogen and oxygen atoms in total. The Balaban J connectivity index is 1.80. The van der Waals surface area contributed by atoms with Crippen LogP contribution in [0.25, 0.3) is 11.3 Å². The second kappa shape index (κ2) is 6.30. The lowest BCUT2D eigenvalue weighted by molar-refractivity contribution is 0.575. The smallest absolute Gasteiger partial charge is 0.145 e. The van der Waals surface area contributed by atoms with Crippen molar-refractivity contribution in [1.82, 2.24) is 0 Å². The first-order chi connectivity index (χ1) is 10.7. The molecule has 0 radical (unpaired) electrons. The molecule has 106 valence electrons. The van der Waals surface area contributed by atoms with E-state index >= 15 is 0 Å². The summed E-state index contributed by atoms with van der Waals surface area (Å²) in [7, 11) is 0. The number of nitriles is 1. The lowest BCUT2D eigenvalue weighted by Gasteiger charge is -1.96. The van der Waals surface area contributed by atoms with E-state index in [9.17, 15) is 0 Å². The largest absolute Gasteiger partial charge is 0.455 e. The molecule has 2 aromatic carbocycles. The zero-order chi connectivity index (χ0) is 15.4. The van der Waals surface area contributed by atoms with Crippen molar-refractivity contribution in [1.29, 1.82) is 5.26 Å². The Bertz CT molecular complexity index is 857. The molecule has 3 aromatic rings. The van der Waals surface area contributed by atoms with Crippen molar-refractivity contribution >= 4 is 23.5 Å². The molecular formula is C18H11ClN2O. The van der Waals surface area contributed by atoms with Crippen LogP contribution in [0.3, 0.4) is 0 Å². The minimum atomic E-state index is 0.623. The minimum absolute atomic E-state index is 0.623. The van der Waals surface area contributed by atoms with Gasteiger partial charge in [0.25, 0.3) is 0 Å². The van der Waals surface area contributed by atoms with Crippen LogP contribution in [0.4, 0.5) is 5.69 Å². The van der Waals surface area contributed by atoms with Crippen LogP contribution >= 0.6 is 11.6 Å². The predicted molar refractivity (Wildman–Crippen MR) is 87.6 cm³/mol. The molecule has 0 aliphatic heterocycles. The molecule has 1 aromatic heterocycles. The van der Waals surface area contributed by atoms with Crippen LogP contribution in [0, 0.1) is 11.3 Å². The van der Waals surface area contributed by atoms with E-state index in [1.54, 1.807) is 30.5 Å². The van der Waals surface area contributed by atoms with Crippen LogP contribution in [0.1, 0.15) is 11.3 Å². The van der Waals surface area contributed by atoms with Gasteiger partial charge in [0.15, 0.2) is 0 Å². The van der Waals surface area contributed by atoms with Gasteiger partial charge in [0.05, 0.1) is 23.5 Å². The first kappa shape index (κ1) is 14.1. The van der Waals surface area contributed by atoms with Gasteiger partial charge in [0.1, 0.15) is 11.5 Å². The lowest BCUT2D eigenvalue weighted by Crippen LogP contribution is -1.77. The van der Waals surface area contributed by atoms with Gasteiger partial charge < -0.3 is 4.42 Å². The van der Waals surface area contributed by atoms with Gasteiger partial charge in [-0.25, -0.2) is 0 Å². The maximum atomic E-state index is 8.80. The molecule has 0 aliphatic rings. The standard InChI is InChI=1S/C18H11ClN2O/c19-15-2-1-3-16(10-15)21-12-17-8-9-18(22-17)14-6-4-13(11-20)5-7-14/h1-10,12H. The van der Waals surface area contributed by atoms with Crippen LogP contribution in [0.5, 0.6) is 0 Å². The van der Waals surface area contributed by atoms with E-state index in [1.807, 2.05) is 36.4 Å². The first-order valence-electron chi connectivity index (χ1n) is 6.64. The fourth-order valence-corrected chi connectivity index (χ4v) is 2.17. The van der Waals surface area contributed by atoms with Crippen molar-refractivity contribution in [3.63, 3.8) is 0 Å². The minimum Gasteiger partial charge on any atom is -0.455 e. The average molecular weight is 307 g/mol. The highest BCUT2D eigenvalue weighted by Crippen LogP contribution is 2.23. The maximum absolute atomic E-state index is 8.80. The van der Waals surface area contributed by atoms with E-state index in [4.69, 9.17) is 21.3 Å². The second-order valence-corrected chi connectivity index (χ2v) is 5.07. The number of rotatable bonds is 3. The second-order valence-electron chi connectivity index (χ2n) is 4.63. The fraction of sp³-hybridized carbons (Fsp3) is 0. The number of benzene rings is 2. The number of halogens is 1. The van der Waals surface area contributed by atoms with Crippen molar-refractivity contribution in [3.05, 3.63) is 77.0 Å². The van der Waals surface area contributed by atoms with E-state index in [0.29, 0.717) is 16.3 Å². The monoisotopic (exact) mass is 306 g/mol. The summed E-state index contributed by atoms with van der Waals surface area (Å²) in [6, 6.07) is 20.3. The Hall–Kier alpha value is -2.83. The Morgan fingerprint density at radius 2 is 1.86 bits per heavy atom. The summed E-state index contributed by atoms with van der Waals surface area (Å²) in [4.78, 5) is 4.33. The van der Waals surface area contributed by atoms with E-state index in [-0.39, 0.29) is 0 Å². The normalized spacial score (nSPS) is 10.7. The molecular weight excluding hydrogens is 296 g/mol. The van der Waals surface area contributed by atoms with E-state index in [1.165, 1.54) is 0 Å². The van der Waals surface area contributed by atoms with Gasteiger partial charge in [-0.05, 0) is 54.6 Å². The van der Waals surface area contributed by atoms with E-state index in [0.717, 1.165) is 17.0 Å². The van der Waals surface area contributed by atoms with Crippen LogP contribution in [0.2, 0.25) is 5.02 Å². The molecule has 0 saturated carbocycles. The van der Waals surface area contributed by atoms with Gasteiger partial charge in [-0.1, -0.05) is 17.7 Å². The molecule has 4 heteroatoms. The van der Waals surface area contributed by atoms with Crippen molar-refractivity contribution in [2.45, 2.75) is 0 Å². The van der Waals surface area contributed by atoms with Crippen LogP contribution in [-0.2, 0) is 0 Å². The third-order valence-electron chi connectivity index (χ3n) is 3.07. The van der Waals surface area contributed by atoms with Crippen molar-refractivity contribution in [2.24, 2.45) is 4.99 Å². The first-order valence-corrected chi connectivity index (χ1v) is 7.02. The van der Waals surface area contributed by atoms with Crippen molar-refractivity contribution in [2.75, 3.05) is 0 Å². The van der Waals surface area contributed by atoms with Crippen LogP contribution in [-0.4, -0.2) is 6.21 Å². The molecule has 0 spiro atoms. The van der Waals surface area contributed by atoms with Crippen molar-refractivity contribution in [3.8, 4) is 17.4 Å². The third kappa shape index (κ3) is 3.25. The molecule has 0 atom stereocenters. The summed E-state index contributed by atoms with van der Waals surface area (Å²) in [6.07, 6.45) is 1.65. The van der Waals surface area contributed by atoms with Crippen molar-refractivity contribution < 1.29 is 4.42 Å². The Labute approximate surface area is 133 Å². The predicted octanol–water partition coefficient (Wildman–Crippen LogP) is 5.22. The highest BCUT2D eigenvalue weighted by molar-refractivity contribution is 6.30. The summed E-state index contributed by atoms with van der Waals surface area (Å²) < 4.78 is 5.73. The maximum Gasteiger partial charge on any atom is 0.145 e. The van der Waals surface area contributed by atoms with Gasteiger partial charge >= 0.3 is 0 Å². The van der Waals surface area contributed by atoms with E-state index < -0.39 is 0 Å². The number of furan rings is 1. The summed E-state index contributed by atoms with van der Waals surface area (Å²) in [5.41, 5.74) is 2.31. The number of hydrogen-bond donors (Lipinski definition) is 0. The van der Waals surface area contributed by atoms with Gasteiger partial charge in [-0.2, -0.15) is 5.26 Å². The highest BCUT2D eigenvalue weighted by Gasteiger charge is 2.03. The summed E-state index contributed by atoms with van der Waals surface area (Å²) in [5.74, 6) is 1.39. The molecule has 0 unspecified atom stereocenters. The highest BCUT2D eigenvalue weighted by atomic mass is 35.5. The zero-order valence-electron chi connectivity index (χ0n) is 11.5. The zero-order valence-corrected chi connectivity index (χ0v) is 12.3. The molecule has 0 amide bonds. The third-order valence-corrected chi connectivity index (χ3v) is 3.31. The number of aliphatic imine (C=N–C) groups is 1. The Kier molecular flexibility index (Phi) is 4.04. The van der Waals surface area contributed by atoms with E-state index in [2.05, 4.69) is 11.1 Å². The molecule has 0 N–H and O–H groups in total. The Morgan fingerprint density at radius 1 is 1.05 bits per heavy atom. The van der Waals surface area contributed by atoms with Crippen LogP contribution in [0.15, 0.2) is 70.1 Å². The quantitative estimate of drug-likeness (QED) is 0.623. The number of hydrogen-bond acceptors (Lipinski definition) is 3. The summed E-state index contributed by atoms with van der Waals surface area (Å²) >= 11 is 5.92. The summed E-state index contributed by atoms with van der Waals surface area (Å²) in [6.45, 7) is 0. The molecule has 22 heavy (non-hydrogen) atoms.